The lowest BCUT2D eigenvalue weighted by molar-refractivity contribution is 0.194. The van der Waals surface area contributed by atoms with Crippen LogP contribution in [-0.4, -0.2) is 33.8 Å². The van der Waals surface area contributed by atoms with Crippen molar-refractivity contribution in [2.75, 3.05) is 12.3 Å². The summed E-state index contributed by atoms with van der Waals surface area (Å²) in [5, 5.41) is 13.8. The Balaban J connectivity index is 1.87. The summed E-state index contributed by atoms with van der Waals surface area (Å²) in [5.41, 5.74) is 0. The van der Waals surface area contributed by atoms with Crippen LogP contribution in [0.1, 0.15) is 12.8 Å². The monoisotopic (exact) mass is 307 g/mol. The lowest BCUT2D eigenvalue weighted by Gasteiger charge is -2.11. The maximum atomic E-state index is 12.0. The second-order valence-corrected chi connectivity index (χ2v) is 6.73. The zero-order valence-corrected chi connectivity index (χ0v) is 12.1. The van der Waals surface area contributed by atoms with E-state index in [9.17, 15) is 9.32 Å². The number of halogens is 2. The predicted molar refractivity (Wildman–Crippen MR) is 74.8 cm³/mol. The van der Waals surface area contributed by atoms with Crippen LogP contribution in [0.15, 0.2) is 23.1 Å². The van der Waals surface area contributed by atoms with Crippen molar-refractivity contribution in [3.8, 4) is 0 Å². The van der Waals surface area contributed by atoms with Crippen molar-refractivity contribution in [2.24, 2.45) is 0 Å². The molecule has 2 atom stereocenters. The minimum Gasteiger partial charge on any atom is -0.391 e. The highest BCUT2D eigenvalue weighted by atomic mass is 35.5. The van der Waals surface area contributed by atoms with E-state index in [1.54, 1.807) is 18.2 Å². The average Bonchev–Trinajstić information content (AvgIpc) is 3.14. The summed E-state index contributed by atoms with van der Waals surface area (Å²) < 4.78 is 12.0. The lowest BCUT2D eigenvalue weighted by Crippen LogP contribution is -2.32. The minimum absolute atomic E-state index is 0.206. The highest BCUT2D eigenvalue weighted by Crippen LogP contribution is 2.24. The summed E-state index contributed by atoms with van der Waals surface area (Å²) in [6.07, 6.45) is 1.73. The molecule has 6 heteroatoms. The number of hydrogen-bond acceptors (Lipinski definition) is 3. The van der Waals surface area contributed by atoms with Crippen LogP contribution in [0.25, 0.3) is 0 Å². The van der Waals surface area contributed by atoms with E-state index in [-0.39, 0.29) is 5.75 Å². The van der Waals surface area contributed by atoms with Gasteiger partial charge in [-0.15, -0.1) is 0 Å². The van der Waals surface area contributed by atoms with E-state index in [1.165, 1.54) is 12.8 Å². The molecule has 18 heavy (non-hydrogen) atoms. The van der Waals surface area contributed by atoms with Crippen LogP contribution < -0.4 is 5.32 Å². The molecule has 2 unspecified atom stereocenters. The molecule has 1 aliphatic rings. The van der Waals surface area contributed by atoms with Crippen LogP contribution in [0.2, 0.25) is 10.0 Å². The van der Waals surface area contributed by atoms with Gasteiger partial charge in [0, 0.05) is 17.5 Å². The molecule has 3 nitrogen and oxygen atoms in total. The normalized spacial score (nSPS) is 18.6. The first-order valence-corrected chi connectivity index (χ1v) is 7.88. The number of nitrogens with one attached hydrogen (secondary N) is 1. The molecule has 0 spiro atoms. The zero-order valence-electron chi connectivity index (χ0n) is 9.73. The summed E-state index contributed by atoms with van der Waals surface area (Å²) in [4.78, 5) is 0.592. The summed E-state index contributed by atoms with van der Waals surface area (Å²) in [6.45, 7) is 0.484. The van der Waals surface area contributed by atoms with Crippen LogP contribution in [0, 0.1) is 0 Å². The predicted octanol–water partition coefficient (Wildman–Crippen LogP) is 2.21. The van der Waals surface area contributed by atoms with E-state index in [0.29, 0.717) is 27.5 Å². The Kier molecular flexibility index (Phi) is 5.04. The Morgan fingerprint density at radius 3 is 2.72 bits per heavy atom. The van der Waals surface area contributed by atoms with Gasteiger partial charge in [0.2, 0.25) is 0 Å². The zero-order chi connectivity index (χ0) is 13.1. The maximum Gasteiger partial charge on any atom is 0.0783 e. The summed E-state index contributed by atoms with van der Waals surface area (Å²) >= 11 is 11.7. The van der Waals surface area contributed by atoms with Gasteiger partial charge in [-0.2, -0.15) is 0 Å². The third-order valence-electron chi connectivity index (χ3n) is 2.72. The first-order valence-electron chi connectivity index (χ1n) is 5.81. The number of benzene rings is 1. The van der Waals surface area contributed by atoms with E-state index in [4.69, 9.17) is 23.2 Å². The molecule has 0 heterocycles. The minimum atomic E-state index is -1.26. The molecular formula is C12H15Cl2NO2S. The molecule has 1 aromatic rings. The van der Waals surface area contributed by atoms with Gasteiger partial charge in [0.15, 0.2) is 0 Å². The Hall–Kier alpha value is -0.130. The lowest BCUT2D eigenvalue weighted by atomic mass is 10.4. The van der Waals surface area contributed by atoms with Gasteiger partial charge >= 0.3 is 0 Å². The fourth-order valence-electron chi connectivity index (χ4n) is 1.54. The molecule has 0 saturated heterocycles. The van der Waals surface area contributed by atoms with Gasteiger partial charge in [0.1, 0.15) is 0 Å². The highest BCUT2D eigenvalue weighted by molar-refractivity contribution is 7.85. The second kappa shape index (κ2) is 6.35. The van der Waals surface area contributed by atoms with E-state index in [2.05, 4.69) is 5.32 Å². The van der Waals surface area contributed by atoms with Gasteiger partial charge in [0.05, 0.1) is 32.7 Å². The first kappa shape index (κ1) is 14.3. The summed E-state index contributed by atoms with van der Waals surface area (Å²) in [5.74, 6) is 0.206. The molecule has 0 aromatic heterocycles. The molecule has 100 valence electrons. The number of hydrogen-bond donors (Lipinski definition) is 2. The van der Waals surface area contributed by atoms with Crippen molar-refractivity contribution in [2.45, 2.75) is 29.9 Å². The van der Waals surface area contributed by atoms with Gasteiger partial charge < -0.3 is 10.4 Å². The number of rotatable bonds is 6. The quantitative estimate of drug-likeness (QED) is 0.847. The maximum absolute atomic E-state index is 12.0. The van der Waals surface area contributed by atoms with Crippen molar-refractivity contribution < 1.29 is 9.32 Å². The van der Waals surface area contributed by atoms with Crippen molar-refractivity contribution in [3.63, 3.8) is 0 Å². The SMILES string of the molecule is O=S(CC(O)CNC1CC1)c1ccc(Cl)c(Cl)c1. The van der Waals surface area contributed by atoms with Gasteiger partial charge in [-0.25, -0.2) is 0 Å². The number of aliphatic hydroxyl groups is 1. The Morgan fingerprint density at radius 1 is 1.39 bits per heavy atom. The van der Waals surface area contributed by atoms with E-state index >= 15 is 0 Å². The van der Waals surface area contributed by atoms with Crippen molar-refractivity contribution in [1.82, 2.24) is 5.32 Å². The summed E-state index contributed by atoms with van der Waals surface area (Å²) in [7, 11) is -1.26. The molecule has 2 N–H and O–H groups in total. The van der Waals surface area contributed by atoms with Crippen LogP contribution in [0.5, 0.6) is 0 Å². The fraction of sp³-hybridized carbons (Fsp3) is 0.500. The van der Waals surface area contributed by atoms with Gasteiger partial charge in [0.25, 0.3) is 0 Å². The van der Waals surface area contributed by atoms with Gasteiger partial charge in [-0.3, -0.25) is 4.21 Å². The molecule has 2 rings (SSSR count). The topological polar surface area (TPSA) is 49.3 Å². The van der Waals surface area contributed by atoms with E-state index in [1.807, 2.05) is 0 Å². The smallest absolute Gasteiger partial charge is 0.0783 e. The second-order valence-electron chi connectivity index (χ2n) is 4.42. The fourth-order valence-corrected chi connectivity index (χ4v) is 3.03. The Morgan fingerprint density at radius 2 is 2.11 bits per heavy atom. The largest absolute Gasteiger partial charge is 0.391 e. The molecule has 1 aliphatic carbocycles. The highest BCUT2D eigenvalue weighted by Gasteiger charge is 2.22. The molecule has 0 radical (unpaired) electrons. The molecule has 1 saturated carbocycles. The average molecular weight is 308 g/mol. The van der Waals surface area contributed by atoms with Crippen LogP contribution in [-0.2, 0) is 10.8 Å². The third-order valence-corrected chi connectivity index (χ3v) is 4.92. The van der Waals surface area contributed by atoms with Crippen molar-refractivity contribution >= 4 is 34.0 Å². The Bertz CT molecular complexity index is 452. The molecule has 0 bridgehead atoms. The standard InChI is InChI=1S/C12H15Cl2NO2S/c13-11-4-3-10(5-12(11)14)18(17)7-9(16)6-15-8-1-2-8/h3-5,8-9,15-16H,1-2,6-7H2. The molecular weight excluding hydrogens is 293 g/mol. The van der Waals surface area contributed by atoms with Crippen LogP contribution >= 0.6 is 23.2 Å². The molecule has 1 aromatic carbocycles. The van der Waals surface area contributed by atoms with Gasteiger partial charge in [-0.1, -0.05) is 23.2 Å². The molecule has 1 fully saturated rings. The first-order chi connectivity index (χ1) is 8.56. The van der Waals surface area contributed by atoms with Crippen molar-refractivity contribution in [1.29, 1.82) is 0 Å². The Labute approximate surface area is 119 Å². The number of aliphatic hydroxyl groups excluding tert-OH is 1. The van der Waals surface area contributed by atoms with E-state index in [0.717, 1.165) is 0 Å². The van der Waals surface area contributed by atoms with Crippen LogP contribution in [0.4, 0.5) is 0 Å². The molecule has 0 aliphatic heterocycles. The van der Waals surface area contributed by atoms with E-state index < -0.39 is 16.9 Å². The van der Waals surface area contributed by atoms with Crippen molar-refractivity contribution in [3.05, 3.63) is 28.2 Å². The third kappa shape index (κ3) is 4.21. The summed E-state index contributed by atoms with van der Waals surface area (Å²) in [6, 6.07) is 5.41. The van der Waals surface area contributed by atoms with Crippen LogP contribution in [0.3, 0.4) is 0 Å². The molecule has 0 amide bonds. The van der Waals surface area contributed by atoms with Gasteiger partial charge in [-0.05, 0) is 31.0 Å².